The summed E-state index contributed by atoms with van der Waals surface area (Å²) < 4.78 is 5.39. The molecular formula is C17H26O2. The highest BCUT2D eigenvalue weighted by atomic mass is 16.5. The summed E-state index contributed by atoms with van der Waals surface area (Å²) in [5, 5.41) is 0. The third-order valence-electron chi connectivity index (χ3n) is 4.83. The molecule has 0 aromatic carbocycles. The van der Waals surface area contributed by atoms with E-state index in [-0.39, 0.29) is 11.4 Å². The maximum absolute atomic E-state index is 11.2. The Morgan fingerprint density at radius 3 is 2.74 bits per heavy atom. The number of fused-ring (bicyclic) bond motifs is 1. The molecule has 2 atom stereocenters. The van der Waals surface area contributed by atoms with Gasteiger partial charge in [0.15, 0.2) is 0 Å². The smallest absolute Gasteiger partial charge is 0.302 e. The molecular weight excluding hydrogens is 236 g/mol. The van der Waals surface area contributed by atoms with Crippen molar-refractivity contribution in [3.05, 3.63) is 22.8 Å². The number of rotatable bonds is 2. The SMILES string of the molecule is CC(=O)OCC12CCCC(C)C1=CC(=C(C)C)CC2. The standard InChI is InChI=1S/C17H26O2/c1-12(2)15-7-9-17(11-19-14(4)18)8-5-6-13(3)16(17)10-15/h10,13H,5-9,11H2,1-4H3. The van der Waals surface area contributed by atoms with Crippen LogP contribution in [-0.2, 0) is 9.53 Å². The summed E-state index contributed by atoms with van der Waals surface area (Å²) in [6, 6.07) is 0. The molecule has 1 saturated carbocycles. The summed E-state index contributed by atoms with van der Waals surface area (Å²) in [6.07, 6.45) is 8.36. The van der Waals surface area contributed by atoms with E-state index < -0.39 is 0 Å². The van der Waals surface area contributed by atoms with Crippen LogP contribution in [0.4, 0.5) is 0 Å². The van der Waals surface area contributed by atoms with Gasteiger partial charge >= 0.3 is 5.97 Å². The zero-order chi connectivity index (χ0) is 14.0. The van der Waals surface area contributed by atoms with Gasteiger partial charge in [-0.05, 0) is 51.0 Å². The van der Waals surface area contributed by atoms with Crippen LogP contribution in [0.5, 0.6) is 0 Å². The van der Waals surface area contributed by atoms with Crippen molar-refractivity contribution in [3.63, 3.8) is 0 Å². The molecule has 0 N–H and O–H groups in total. The Labute approximate surface area is 116 Å². The lowest BCUT2D eigenvalue weighted by molar-refractivity contribution is -0.144. The average Bonchev–Trinajstić information content (AvgIpc) is 2.36. The Balaban J connectivity index is 2.32. The molecule has 2 nitrogen and oxygen atoms in total. The van der Waals surface area contributed by atoms with Crippen LogP contribution in [0, 0.1) is 11.3 Å². The molecule has 0 aliphatic heterocycles. The Hall–Kier alpha value is -1.05. The van der Waals surface area contributed by atoms with Gasteiger partial charge in [0, 0.05) is 12.3 Å². The second kappa shape index (κ2) is 5.52. The third-order valence-corrected chi connectivity index (χ3v) is 4.83. The molecule has 1 fully saturated rings. The van der Waals surface area contributed by atoms with Crippen LogP contribution >= 0.6 is 0 Å². The first kappa shape index (κ1) is 14.4. The fourth-order valence-electron chi connectivity index (χ4n) is 3.63. The molecule has 0 aromatic heterocycles. The van der Waals surface area contributed by atoms with Crippen LogP contribution in [0.15, 0.2) is 22.8 Å². The second-order valence-electron chi connectivity index (χ2n) is 6.48. The molecule has 2 heteroatoms. The van der Waals surface area contributed by atoms with Gasteiger partial charge in [-0.15, -0.1) is 0 Å². The van der Waals surface area contributed by atoms with Crippen LogP contribution in [0.2, 0.25) is 0 Å². The number of hydrogen-bond acceptors (Lipinski definition) is 2. The first-order valence-corrected chi connectivity index (χ1v) is 7.46. The molecule has 0 bridgehead atoms. The van der Waals surface area contributed by atoms with E-state index in [0.29, 0.717) is 12.5 Å². The van der Waals surface area contributed by atoms with Gasteiger partial charge in [0.2, 0.25) is 0 Å². The van der Waals surface area contributed by atoms with Crippen LogP contribution in [-0.4, -0.2) is 12.6 Å². The molecule has 0 amide bonds. The molecule has 2 aliphatic carbocycles. The van der Waals surface area contributed by atoms with E-state index in [1.165, 1.54) is 42.9 Å². The van der Waals surface area contributed by atoms with Gasteiger partial charge in [0.1, 0.15) is 6.61 Å². The molecule has 0 radical (unpaired) electrons. The fourth-order valence-corrected chi connectivity index (χ4v) is 3.63. The van der Waals surface area contributed by atoms with Crippen LogP contribution in [0.3, 0.4) is 0 Å². The van der Waals surface area contributed by atoms with Gasteiger partial charge < -0.3 is 4.74 Å². The summed E-state index contributed by atoms with van der Waals surface area (Å²) in [6.45, 7) is 8.80. The van der Waals surface area contributed by atoms with Crippen molar-refractivity contribution in [3.8, 4) is 0 Å². The zero-order valence-electron chi connectivity index (χ0n) is 12.7. The highest BCUT2D eigenvalue weighted by Gasteiger charge is 2.42. The predicted octanol–water partition coefficient (Wildman–Crippen LogP) is 4.41. The number of carbonyl (C=O) groups excluding carboxylic acids is 1. The minimum Gasteiger partial charge on any atom is -0.465 e. The average molecular weight is 262 g/mol. The first-order chi connectivity index (χ1) is 8.94. The van der Waals surface area contributed by atoms with Crippen molar-refractivity contribution >= 4 is 5.97 Å². The molecule has 2 rings (SSSR count). The molecule has 0 aromatic rings. The summed E-state index contributed by atoms with van der Waals surface area (Å²) in [5.74, 6) is 0.471. The quantitative estimate of drug-likeness (QED) is 0.689. The van der Waals surface area contributed by atoms with Crippen LogP contribution in [0.25, 0.3) is 0 Å². The van der Waals surface area contributed by atoms with Crippen molar-refractivity contribution < 1.29 is 9.53 Å². The molecule has 0 saturated heterocycles. The maximum atomic E-state index is 11.2. The zero-order valence-corrected chi connectivity index (χ0v) is 12.7. The summed E-state index contributed by atoms with van der Waals surface area (Å²) in [5.41, 5.74) is 4.57. The Kier molecular flexibility index (Phi) is 4.17. The van der Waals surface area contributed by atoms with Crippen LogP contribution in [0.1, 0.15) is 59.8 Å². The van der Waals surface area contributed by atoms with Crippen molar-refractivity contribution in [2.75, 3.05) is 6.61 Å². The van der Waals surface area contributed by atoms with Gasteiger partial charge in [-0.1, -0.05) is 30.6 Å². The molecule has 19 heavy (non-hydrogen) atoms. The highest BCUT2D eigenvalue weighted by Crippen LogP contribution is 2.51. The third kappa shape index (κ3) is 2.93. The molecule has 0 heterocycles. The Morgan fingerprint density at radius 1 is 1.37 bits per heavy atom. The normalized spacial score (nSPS) is 30.4. The highest BCUT2D eigenvalue weighted by molar-refractivity contribution is 5.66. The summed E-state index contributed by atoms with van der Waals surface area (Å²) >= 11 is 0. The topological polar surface area (TPSA) is 26.3 Å². The Morgan fingerprint density at radius 2 is 2.11 bits per heavy atom. The number of esters is 1. The molecule has 2 unspecified atom stereocenters. The van der Waals surface area contributed by atoms with Gasteiger partial charge in [-0.25, -0.2) is 0 Å². The minimum atomic E-state index is -0.153. The van der Waals surface area contributed by atoms with E-state index in [0.717, 1.165) is 12.8 Å². The van der Waals surface area contributed by atoms with Crippen molar-refractivity contribution in [1.29, 1.82) is 0 Å². The van der Waals surface area contributed by atoms with E-state index in [4.69, 9.17) is 4.74 Å². The van der Waals surface area contributed by atoms with E-state index in [2.05, 4.69) is 26.8 Å². The monoisotopic (exact) mass is 262 g/mol. The van der Waals surface area contributed by atoms with Crippen LogP contribution < -0.4 is 0 Å². The number of carbonyl (C=O) groups is 1. The summed E-state index contributed by atoms with van der Waals surface area (Å²) in [4.78, 5) is 11.2. The van der Waals surface area contributed by atoms with Crippen molar-refractivity contribution in [1.82, 2.24) is 0 Å². The Bertz CT molecular complexity index is 427. The molecule has 0 spiro atoms. The first-order valence-electron chi connectivity index (χ1n) is 7.46. The predicted molar refractivity (Wildman–Crippen MR) is 77.8 cm³/mol. The van der Waals surface area contributed by atoms with Gasteiger partial charge in [-0.2, -0.15) is 0 Å². The van der Waals surface area contributed by atoms with Crippen molar-refractivity contribution in [2.45, 2.75) is 59.8 Å². The minimum absolute atomic E-state index is 0.127. The largest absolute Gasteiger partial charge is 0.465 e. The number of ether oxygens (including phenoxy) is 1. The number of allylic oxidation sites excluding steroid dienone is 3. The second-order valence-corrected chi connectivity index (χ2v) is 6.48. The summed E-state index contributed by atoms with van der Waals surface area (Å²) in [7, 11) is 0. The molecule has 2 aliphatic rings. The van der Waals surface area contributed by atoms with E-state index in [1.54, 1.807) is 0 Å². The van der Waals surface area contributed by atoms with E-state index in [1.807, 2.05) is 0 Å². The fraction of sp³-hybridized carbons (Fsp3) is 0.706. The lowest BCUT2D eigenvalue weighted by atomic mass is 9.61. The van der Waals surface area contributed by atoms with E-state index >= 15 is 0 Å². The molecule has 106 valence electrons. The number of hydrogen-bond donors (Lipinski definition) is 0. The lowest BCUT2D eigenvalue weighted by Crippen LogP contribution is -2.38. The van der Waals surface area contributed by atoms with Gasteiger partial charge in [0.05, 0.1) is 0 Å². The van der Waals surface area contributed by atoms with Gasteiger partial charge in [-0.3, -0.25) is 4.79 Å². The van der Waals surface area contributed by atoms with Gasteiger partial charge in [0.25, 0.3) is 0 Å². The van der Waals surface area contributed by atoms with E-state index in [9.17, 15) is 4.79 Å². The lowest BCUT2D eigenvalue weighted by Gasteiger charge is -2.45. The van der Waals surface area contributed by atoms with Crippen molar-refractivity contribution in [2.24, 2.45) is 11.3 Å². The maximum Gasteiger partial charge on any atom is 0.302 e.